The lowest BCUT2D eigenvalue weighted by Gasteiger charge is -2.39. The smallest absolute Gasteiger partial charge is 0.246 e. The van der Waals surface area contributed by atoms with Crippen LogP contribution in [0.2, 0.25) is 5.02 Å². The second kappa shape index (κ2) is 7.84. The zero-order chi connectivity index (χ0) is 21.7. The van der Waals surface area contributed by atoms with Crippen LogP contribution in [0.5, 0.6) is 11.5 Å². The fourth-order valence-electron chi connectivity index (χ4n) is 4.70. The molecule has 5 rings (SSSR count). The maximum Gasteiger partial charge on any atom is 0.246 e. The van der Waals surface area contributed by atoms with Crippen LogP contribution < -0.4 is 4.74 Å². The zero-order valence-electron chi connectivity index (χ0n) is 17.1. The average molecular weight is 443 g/mol. The van der Waals surface area contributed by atoms with Crippen molar-refractivity contribution in [2.24, 2.45) is 0 Å². The monoisotopic (exact) mass is 442 g/mol. The SMILES string of the molecule is C=CC(=O)N1CCN2Cc3cc(C4CC4)c(-c4c(O)cccc4Cl)c(F)c3OC[C@H]2C1. The first kappa shape index (κ1) is 20.3. The highest BCUT2D eigenvalue weighted by Gasteiger charge is 2.37. The summed E-state index contributed by atoms with van der Waals surface area (Å²) in [7, 11) is 0. The van der Waals surface area contributed by atoms with Crippen molar-refractivity contribution in [2.45, 2.75) is 31.3 Å². The van der Waals surface area contributed by atoms with E-state index in [0.717, 1.165) is 24.0 Å². The number of carbonyl (C=O) groups is 1. The predicted octanol–water partition coefficient (Wildman–Crippen LogP) is 4.32. The summed E-state index contributed by atoms with van der Waals surface area (Å²) < 4.78 is 22.0. The van der Waals surface area contributed by atoms with E-state index >= 15 is 4.39 Å². The van der Waals surface area contributed by atoms with Gasteiger partial charge in [-0.05, 0) is 48.6 Å². The van der Waals surface area contributed by atoms with Crippen LogP contribution in [0.4, 0.5) is 4.39 Å². The third-order valence-corrected chi connectivity index (χ3v) is 6.79. The molecule has 1 amide bonds. The minimum Gasteiger partial charge on any atom is -0.507 e. The summed E-state index contributed by atoms with van der Waals surface area (Å²) in [5.41, 5.74) is 2.34. The largest absolute Gasteiger partial charge is 0.507 e. The van der Waals surface area contributed by atoms with Crippen molar-refractivity contribution in [3.63, 3.8) is 0 Å². The van der Waals surface area contributed by atoms with E-state index in [0.29, 0.717) is 42.3 Å². The number of phenols is 1. The van der Waals surface area contributed by atoms with Crippen LogP contribution in [-0.2, 0) is 11.3 Å². The van der Waals surface area contributed by atoms with Crippen LogP contribution in [0.25, 0.3) is 11.1 Å². The van der Waals surface area contributed by atoms with E-state index in [-0.39, 0.29) is 36.0 Å². The molecule has 0 spiro atoms. The van der Waals surface area contributed by atoms with E-state index in [9.17, 15) is 9.90 Å². The minimum absolute atomic E-state index is 0.0222. The Hall–Kier alpha value is -2.57. The quantitative estimate of drug-likeness (QED) is 0.719. The van der Waals surface area contributed by atoms with Gasteiger partial charge < -0.3 is 14.7 Å². The average Bonchev–Trinajstić information content (AvgIpc) is 3.60. The molecule has 1 N–H and O–H groups in total. The number of aromatic hydroxyl groups is 1. The number of piperazine rings is 1. The highest BCUT2D eigenvalue weighted by atomic mass is 35.5. The Bertz CT molecular complexity index is 1050. The first-order valence-electron chi connectivity index (χ1n) is 10.6. The number of rotatable bonds is 3. The first-order chi connectivity index (χ1) is 15.0. The molecule has 1 atom stereocenters. The lowest BCUT2D eigenvalue weighted by Crippen LogP contribution is -2.55. The van der Waals surface area contributed by atoms with Crippen molar-refractivity contribution in [3.05, 3.63) is 58.9 Å². The van der Waals surface area contributed by atoms with Crippen molar-refractivity contribution in [2.75, 3.05) is 26.2 Å². The maximum absolute atomic E-state index is 16.0. The van der Waals surface area contributed by atoms with Crippen molar-refractivity contribution < 1.29 is 19.0 Å². The van der Waals surface area contributed by atoms with Gasteiger partial charge in [0.25, 0.3) is 0 Å². The molecule has 2 aromatic carbocycles. The Morgan fingerprint density at radius 1 is 1.29 bits per heavy atom. The fraction of sp³-hybridized carbons (Fsp3) is 0.375. The molecule has 162 valence electrons. The van der Waals surface area contributed by atoms with E-state index in [4.69, 9.17) is 16.3 Å². The molecule has 5 nitrogen and oxygen atoms in total. The Kier molecular flexibility index (Phi) is 5.15. The number of ether oxygens (including phenoxy) is 1. The number of halogens is 2. The third-order valence-electron chi connectivity index (χ3n) is 6.47. The number of phenolic OH excluding ortho intramolecular Hbond substituents is 1. The van der Waals surface area contributed by atoms with Gasteiger partial charge in [0, 0.05) is 42.9 Å². The van der Waals surface area contributed by atoms with Crippen molar-refractivity contribution >= 4 is 17.5 Å². The number of benzene rings is 2. The lowest BCUT2D eigenvalue weighted by atomic mass is 9.92. The molecule has 1 aliphatic carbocycles. The van der Waals surface area contributed by atoms with Gasteiger partial charge in [-0.2, -0.15) is 0 Å². The van der Waals surface area contributed by atoms with Crippen LogP contribution in [0.1, 0.15) is 29.9 Å². The van der Waals surface area contributed by atoms with Crippen molar-refractivity contribution in [1.82, 2.24) is 9.80 Å². The molecule has 2 fully saturated rings. The minimum atomic E-state index is -0.471. The molecule has 1 saturated carbocycles. The molecule has 2 aromatic rings. The number of nitrogens with zero attached hydrogens (tertiary/aromatic N) is 2. The van der Waals surface area contributed by atoms with Gasteiger partial charge in [0.2, 0.25) is 5.91 Å². The molecular weight excluding hydrogens is 419 g/mol. The van der Waals surface area contributed by atoms with Gasteiger partial charge in [0.05, 0.1) is 11.1 Å². The fourth-order valence-corrected chi connectivity index (χ4v) is 4.96. The van der Waals surface area contributed by atoms with Gasteiger partial charge in [-0.15, -0.1) is 0 Å². The molecule has 0 radical (unpaired) electrons. The molecule has 0 aromatic heterocycles. The molecule has 3 aliphatic rings. The zero-order valence-corrected chi connectivity index (χ0v) is 17.9. The van der Waals surface area contributed by atoms with E-state index < -0.39 is 5.82 Å². The predicted molar refractivity (Wildman–Crippen MR) is 117 cm³/mol. The van der Waals surface area contributed by atoms with Crippen molar-refractivity contribution in [3.8, 4) is 22.6 Å². The Balaban J connectivity index is 1.56. The summed E-state index contributed by atoms with van der Waals surface area (Å²) in [6, 6.07) is 6.83. The molecule has 31 heavy (non-hydrogen) atoms. The molecular formula is C24H24ClFN2O3. The van der Waals surface area contributed by atoms with E-state index in [1.165, 1.54) is 12.1 Å². The Morgan fingerprint density at radius 3 is 2.81 bits per heavy atom. The molecule has 1 saturated heterocycles. The second-order valence-corrected chi connectivity index (χ2v) is 8.88. The highest BCUT2D eigenvalue weighted by Crippen LogP contribution is 2.51. The Labute approximate surface area is 185 Å². The first-order valence-corrected chi connectivity index (χ1v) is 11.0. The van der Waals surface area contributed by atoms with Crippen LogP contribution in [0.3, 0.4) is 0 Å². The van der Waals surface area contributed by atoms with E-state index in [1.807, 2.05) is 6.07 Å². The summed E-state index contributed by atoms with van der Waals surface area (Å²) in [6.07, 6.45) is 3.30. The van der Waals surface area contributed by atoms with Crippen LogP contribution >= 0.6 is 11.6 Å². The molecule has 7 heteroatoms. The maximum atomic E-state index is 16.0. The number of carbonyl (C=O) groups excluding carboxylic acids is 1. The van der Waals surface area contributed by atoms with Crippen molar-refractivity contribution in [1.29, 1.82) is 0 Å². The van der Waals surface area contributed by atoms with Crippen LogP contribution in [0.15, 0.2) is 36.9 Å². The van der Waals surface area contributed by atoms with E-state index in [1.54, 1.807) is 17.0 Å². The highest BCUT2D eigenvalue weighted by molar-refractivity contribution is 6.33. The standard InChI is InChI=1S/C24H24ClFN2O3/c1-2-20(30)28-9-8-27-11-15-10-17(14-6-7-14)21(22-18(25)4-3-5-19(22)29)23(26)24(15)31-13-16(27)12-28/h2-5,10,14,16,29H,1,6-9,11-13H2/t16-/m1/s1. The topological polar surface area (TPSA) is 53.0 Å². The van der Waals surface area contributed by atoms with Gasteiger partial charge in [-0.25, -0.2) is 4.39 Å². The molecule has 2 aliphatic heterocycles. The lowest BCUT2D eigenvalue weighted by molar-refractivity contribution is -0.129. The summed E-state index contributed by atoms with van der Waals surface area (Å²) in [4.78, 5) is 16.1. The number of hydrogen-bond acceptors (Lipinski definition) is 4. The third kappa shape index (κ3) is 3.58. The van der Waals surface area contributed by atoms with Gasteiger partial charge in [-0.3, -0.25) is 9.69 Å². The Morgan fingerprint density at radius 2 is 2.10 bits per heavy atom. The van der Waals surface area contributed by atoms with E-state index in [2.05, 4.69) is 11.5 Å². The van der Waals surface area contributed by atoms with Crippen LogP contribution in [0, 0.1) is 5.82 Å². The number of fused-ring (bicyclic) bond motifs is 2. The summed E-state index contributed by atoms with van der Waals surface area (Å²) in [5.74, 6) is -0.138. The van der Waals surface area contributed by atoms with Gasteiger partial charge in [0.15, 0.2) is 11.6 Å². The van der Waals surface area contributed by atoms with Gasteiger partial charge in [-0.1, -0.05) is 24.2 Å². The second-order valence-electron chi connectivity index (χ2n) is 8.47. The van der Waals surface area contributed by atoms with Gasteiger partial charge in [0.1, 0.15) is 12.4 Å². The van der Waals surface area contributed by atoms with Crippen LogP contribution in [-0.4, -0.2) is 53.1 Å². The normalized spacial score (nSPS) is 21.0. The van der Waals surface area contributed by atoms with Gasteiger partial charge >= 0.3 is 0 Å². The number of hydrogen-bond donors (Lipinski definition) is 1. The number of amides is 1. The molecule has 2 heterocycles. The molecule has 0 bridgehead atoms. The summed E-state index contributed by atoms with van der Waals surface area (Å²) >= 11 is 6.39. The molecule has 0 unspecified atom stereocenters. The summed E-state index contributed by atoms with van der Waals surface area (Å²) in [5, 5.41) is 10.8. The summed E-state index contributed by atoms with van der Waals surface area (Å²) in [6.45, 7) is 6.23.